The van der Waals surface area contributed by atoms with E-state index in [9.17, 15) is 18.0 Å². The number of anilines is 1. The van der Waals surface area contributed by atoms with Crippen LogP contribution in [0.3, 0.4) is 0 Å². The van der Waals surface area contributed by atoms with E-state index in [-0.39, 0.29) is 23.0 Å². The summed E-state index contributed by atoms with van der Waals surface area (Å²) >= 11 is 6.19. The van der Waals surface area contributed by atoms with Crippen LogP contribution < -0.4 is 9.62 Å². The van der Waals surface area contributed by atoms with Gasteiger partial charge in [0.15, 0.2) is 0 Å². The summed E-state index contributed by atoms with van der Waals surface area (Å²) in [6.07, 6.45) is 1.27. The summed E-state index contributed by atoms with van der Waals surface area (Å²) in [4.78, 5) is 28.1. The van der Waals surface area contributed by atoms with Crippen molar-refractivity contribution >= 4 is 39.1 Å². The first-order chi connectivity index (χ1) is 18.1. The van der Waals surface area contributed by atoms with E-state index < -0.39 is 28.5 Å². The maximum Gasteiger partial charge on any atom is 0.264 e. The number of hydrogen-bond acceptors (Lipinski definition) is 4. The summed E-state index contributed by atoms with van der Waals surface area (Å²) < 4.78 is 28.6. The molecule has 0 saturated carbocycles. The average Bonchev–Trinajstić information content (AvgIpc) is 2.91. The van der Waals surface area contributed by atoms with Crippen molar-refractivity contribution in [3.63, 3.8) is 0 Å². The fraction of sp³-hybridized carbons (Fsp3) is 0.310. The van der Waals surface area contributed by atoms with Gasteiger partial charge in [0.25, 0.3) is 10.0 Å². The third-order valence-corrected chi connectivity index (χ3v) is 8.21. The second kappa shape index (κ2) is 13.4. The zero-order chi connectivity index (χ0) is 27.7. The molecule has 0 radical (unpaired) electrons. The van der Waals surface area contributed by atoms with Crippen LogP contribution in [0, 0.1) is 6.92 Å². The first-order valence-corrected chi connectivity index (χ1v) is 14.4. The van der Waals surface area contributed by atoms with Crippen molar-refractivity contribution in [2.24, 2.45) is 0 Å². The van der Waals surface area contributed by atoms with Gasteiger partial charge in [-0.3, -0.25) is 13.9 Å². The van der Waals surface area contributed by atoms with Crippen LogP contribution in [0.4, 0.5) is 5.69 Å². The van der Waals surface area contributed by atoms with Gasteiger partial charge in [-0.25, -0.2) is 8.42 Å². The SMILES string of the molecule is CCCNC(=O)[C@H](C)N(CCc1ccccc1)C(=O)CN(c1cccc(Cl)c1)S(=O)(=O)c1ccc(C)cc1. The molecule has 0 aliphatic heterocycles. The van der Waals surface area contributed by atoms with E-state index in [4.69, 9.17) is 11.6 Å². The minimum Gasteiger partial charge on any atom is -0.354 e. The maximum atomic E-state index is 13.8. The summed E-state index contributed by atoms with van der Waals surface area (Å²) in [5, 5.41) is 3.18. The molecule has 3 aromatic carbocycles. The third kappa shape index (κ3) is 7.58. The Balaban J connectivity index is 1.96. The molecule has 0 unspecified atom stereocenters. The van der Waals surface area contributed by atoms with Crippen molar-refractivity contribution in [1.82, 2.24) is 10.2 Å². The largest absolute Gasteiger partial charge is 0.354 e. The van der Waals surface area contributed by atoms with E-state index in [2.05, 4.69) is 5.32 Å². The van der Waals surface area contributed by atoms with Crippen LogP contribution in [0.25, 0.3) is 0 Å². The molecule has 0 fully saturated rings. The number of carbonyl (C=O) groups is 2. The lowest BCUT2D eigenvalue weighted by molar-refractivity contribution is -0.138. The second-order valence-corrected chi connectivity index (χ2v) is 11.4. The molecule has 0 aliphatic rings. The van der Waals surface area contributed by atoms with E-state index in [0.717, 1.165) is 21.9 Å². The third-order valence-electron chi connectivity index (χ3n) is 6.18. The van der Waals surface area contributed by atoms with Crippen LogP contribution in [0.15, 0.2) is 83.8 Å². The number of hydrogen-bond donors (Lipinski definition) is 1. The number of halogens is 1. The van der Waals surface area contributed by atoms with Crippen LogP contribution >= 0.6 is 11.6 Å². The highest BCUT2D eigenvalue weighted by Crippen LogP contribution is 2.27. The standard InChI is InChI=1S/C29H34ClN3O4S/c1-4-18-31-29(35)23(3)32(19-17-24-9-6-5-7-10-24)28(34)21-33(26-12-8-11-25(30)20-26)38(36,37)27-15-13-22(2)14-16-27/h5-16,20,23H,4,17-19,21H2,1-3H3,(H,31,35)/t23-/m0/s1. The molecule has 0 aliphatic carbocycles. The molecule has 2 amide bonds. The monoisotopic (exact) mass is 555 g/mol. The van der Waals surface area contributed by atoms with Crippen molar-refractivity contribution in [3.8, 4) is 0 Å². The van der Waals surface area contributed by atoms with Crippen LogP contribution in [-0.4, -0.2) is 50.8 Å². The lowest BCUT2D eigenvalue weighted by Gasteiger charge is -2.32. The van der Waals surface area contributed by atoms with Gasteiger partial charge in [0.1, 0.15) is 12.6 Å². The molecule has 38 heavy (non-hydrogen) atoms. The van der Waals surface area contributed by atoms with Gasteiger partial charge in [0, 0.05) is 18.1 Å². The fourth-order valence-corrected chi connectivity index (χ4v) is 5.55. The van der Waals surface area contributed by atoms with Gasteiger partial charge in [0.05, 0.1) is 10.6 Å². The Morgan fingerprint density at radius 2 is 1.66 bits per heavy atom. The Labute approximate surface area is 230 Å². The Morgan fingerprint density at radius 1 is 0.974 bits per heavy atom. The molecule has 1 N–H and O–H groups in total. The quantitative estimate of drug-likeness (QED) is 0.347. The van der Waals surface area contributed by atoms with Crippen molar-refractivity contribution < 1.29 is 18.0 Å². The molecule has 0 spiro atoms. The average molecular weight is 556 g/mol. The van der Waals surface area contributed by atoms with Crippen LogP contribution in [0.1, 0.15) is 31.4 Å². The van der Waals surface area contributed by atoms with E-state index in [1.807, 2.05) is 44.2 Å². The Hall–Kier alpha value is -3.36. The number of carbonyl (C=O) groups excluding carboxylic acids is 2. The minimum absolute atomic E-state index is 0.0560. The molecule has 0 bridgehead atoms. The number of benzene rings is 3. The second-order valence-electron chi connectivity index (χ2n) is 9.09. The number of amides is 2. The van der Waals surface area contributed by atoms with Gasteiger partial charge in [-0.05, 0) is 62.6 Å². The fourth-order valence-electron chi connectivity index (χ4n) is 3.96. The van der Waals surface area contributed by atoms with Crippen molar-refractivity contribution in [1.29, 1.82) is 0 Å². The molecule has 0 heterocycles. The van der Waals surface area contributed by atoms with E-state index >= 15 is 0 Å². The highest BCUT2D eigenvalue weighted by Gasteiger charge is 2.32. The Morgan fingerprint density at radius 3 is 2.29 bits per heavy atom. The van der Waals surface area contributed by atoms with Crippen molar-refractivity contribution in [2.75, 3.05) is 23.9 Å². The van der Waals surface area contributed by atoms with E-state index in [1.54, 1.807) is 37.3 Å². The van der Waals surface area contributed by atoms with Gasteiger partial charge in [0.2, 0.25) is 11.8 Å². The van der Waals surface area contributed by atoms with Crippen LogP contribution in [0.2, 0.25) is 5.02 Å². The summed E-state index contributed by atoms with van der Waals surface area (Å²) in [5.74, 6) is -0.778. The summed E-state index contributed by atoms with van der Waals surface area (Å²) in [5.41, 5.74) is 2.18. The zero-order valence-electron chi connectivity index (χ0n) is 21.9. The van der Waals surface area contributed by atoms with Crippen molar-refractivity contribution in [3.05, 3.63) is 95.0 Å². The molecular weight excluding hydrogens is 522 g/mol. The highest BCUT2D eigenvalue weighted by atomic mass is 35.5. The normalized spacial score (nSPS) is 12.0. The van der Waals surface area contributed by atoms with E-state index in [1.165, 1.54) is 23.1 Å². The summed E-state index contributed by atoms with van der Waals surface area (Å²) in [7, 11) is -4.12. The number of nitrogens with one attached hydrogen (secondary N) is 1. The molecule has 0 aromatic heterocycles. The van der Waals surface area contributed by atoms with Gasteiger partial charge >= 0.3 is 0 Å². The molecule has 3 rings (SSSR count). The van der Waals surface area contributed by atoms with Gasteiger partial charge in [-0.2, -0.15) is 0 Å². The number of sulfonamides is 1. The minimum atomic E-state index is -4.12. The molecule has 7 nitrogen and oxygen atoms in total. The molecule has 0 saturated heterocycles. The topological polar surface area (TPSA) is 86.8 Å². The number of aryl methyl sites for hydroxylation is 1. The zero-order valence-corrected chi connectivity index (χ0v) is 23.5. The van der Waals surface area contributed by atoms with Gasteiger partial charge in [-0.1, -0.05) is 72.6 Å². The predicted molar refractivity (Wildman–Crippen MR) is 152 cm³/mol. The van der Waals surface area contributed by atoms with Gasteiger partial charge < -0.3 is 10.2 Å². The van der Waals surface area contributed by atoms with Crippen molar-refractivity contribution in [2.45, 2.75) is 44.6 Å². The summed E-state index contributed by atoms with van der Waals surface area (Å²) in [6, 6.07) is 21.6. The molecule has 202 valence electrons. The van der Waals surface area contributed by atoms with Crippen LogP contribution in [0.5, 0.6) is 0 Å². The smallest absolute Gasteiger partial charge is 0.264 e. The first kappa shape index (κ1) is 29.2. The molecular formula is C29H34ClN3O4S. The number of rotatable bonds is 12. The van der Waals surface area contributed by atoms with Crippen LogP contribution in [-0.2, 0) is 26.0 Å². The predicted octanol–water partition coefficient (Wildman–Crippen LogP) is 4.83. The number of nitrogens with zero attached hydrogens (tertiary/aromatic N) is 2. The molecule has 3 aromatic rings. The lowest BCUT2D eigenvalue weighted by atomic mass is 10.1. The maximum absolute atomic E-state index is 13.8. The Bertz CT molecular complexity index is 1330. The summed E-state index contributed by atoms with van der Waals surface area (Å²) in [6.45, 7) is 5.72. The Kier molecular flexibility index (Phi) is 10.3. The molecule has 9 heteroatoms. The first-order valence-electron chi connectivity index (χ1n) is 12.6. The molecule has 1 atom stereocenters. The highest BCUT2D eigenvalue weighted by molar-refractivity contribution is 7.92. The van der Waals surface area contributed by atoms with Gasteiger partial charge in [-0.15, -0.1) is 0 Å². The van der Waals surface area contributed by atoms with E-state index in [0.29, 0.717) is 18.0 Å². The lowest BCUT2D eigenvalue weighted by Crippen LogP contribution is -2.52.